The van der Waals surface area contributed by atoms with Gasteiger partial charge in [0.25, 0.3) is 0 Å². The van der Waals surface area contributed by atoms with Crippen molar-refractivity contribution in [3.63, 3.8) is 0 Å². The number of carboxylic acids is 2. The van der Waals surface area contributed by atoms with E-state index in [9.17, 15) is 19.8 Å². The van der Waals surface area contributed by atoms with Crippen LogP contribution in [0.2, 0.25) is 0 Å². The minimum atomic E-state index is -1.55. The van der Waals surface area contributed by atoms with Gasteiger partial charge in [0.05, 0.1) is 52.2 Å². The monoisotopic (exact) mass is 344 g/mol. The molecule has 2 saturated heterocycles. The Balaban J connectivity index is 0.000000331. The molecule has 2 heterocycles. The SMILES string of the molecule is CC1N(C)CC[NH+]1C.CC1N(C)CC[NH+]1C.O=C([O-])/C=C\C(=O)[O-]. The van der Waals surface area contributed by atoms with Crippen LogP contribution >= 0.6 is 0 Å². The summed E-state index contributed by atoms with van der Waals surface area (Å²) in [5.41, 5.74) is 0. The van der Waals surface area contributed by atoms with Gasteiger partial charge < -0.3 is 29.6 Å². The predicted molar refractivity (Wildman–Crippen MR) is 86.8 cm³/mol. The molecule has 0 bridgehead atoms. The maximum atomic E-state index is 9.41. The Hall–Kier alpha value is -1.48. The summed E-state index contributed by atoms with van der Waals surface area (Å²) in [5.74, 6) is -3.09. The van der Waals surface area contributed by atoms with Crippen LogP contribution in [0.3, 0.4) is 0 Å². The topological polar surface area (TPSA) is 95.6 Å². The first-order chi connectivity index (χ1) is 11.1. The van der Waals surface area contributed by atoms with Crippen LogP contribution < -0.4 is 20.0 Å². The summed E-state index contributed by atoms with van der Waals surface area (Å²) in [6.07, 6.45) is 2.23. The molecule has 2 rings (SSSR count). The molecule has 140 valence electrons. The molecule has 8 heteroatoms. The molecule has 0 aromatic heterocycles. The number of nitrogens with zero attached hydrogens (tertiary/aromatic N) is 2. The highest BCUT2D eigenvalue weighted by molar-refractivity contribution is 5.87. The lowest BCUT2D eigenvalue weighted by atomic mass is 10.5. The molecular formula is C16H32N4O4. The van der Waals surface area contributed by atoms with Crippen molar-refractivity contribution < 1.29 is 29.6 Å². The Kier molecular flexibility index (Phi) is 10.5. The van der Waals surface area contributed by atoms with E-state index in [-0.39, 0.29) is 0 Å². The first kappa shape index (κ1) is 22.5. The van der Waals surface area contributed by atoms with Crippen molar-refractivity contribution in [2.75, 3.05) is 54.4 Å². The summed E-state index contributed by atoms with van der Waals surface area (Å²) >= 11 is 0. The zero-order valence-corrected chi connectivity index (χ0v) is 15.7. The van der Waals surface area contributed by atoms with Gasteiger partial charge in [0.2, 0.25) is 0 Å². The van der Waals surface area contributed by atoms with E-state index in [2.05, 4.69) is 51.8 Å². The zero-order valence-electron chi connectivity index (χ0n) is 15.7. The summed E-state index contributed by atoms with van der Waals surface area (Å²) < 4.78 is 0. The number of likely N-dealkylation sites (N-methyl/N-ethyl adjacent to an activating group) is 4. The normalized spacial score (nSPS) is 30.4. The Labute approximate surface area is 144 Å². The minimum Gasteiger partial charge on any atom is -0.545 e. The average molecular weight is 344 g/mol. The molecule has 8 nitrogen and oxygen atoms in total. The smallest absolute Gasteiger partial charge is 0.140 e. The van der Waals surface area contributed by atoms with Gasteiger partial charge in [-0.3, -0.25) is 9.80 Å². The zero-order chi connectivity index (χ0) is 18.9. The van der Waals surface area contributed by atoms with Crippen LogP contribution in [0.1, 0.15) is 13.8 Å². The number of aliphatic carboxylic acids is 2. The van der Waals surface area contributed by atoms with E-state index in [1.165, 1.54) is 26.2 Å². The first-order valence-electron chi connectivity index (χ1n) is 8.21. The van der Waals surface area contributed by atoms with E-state index in [0.717, 1.165) is 12.3 Å². The molecule has 0 saturated carbocycles. The molecule has 0 spiro atoms. The summed E-state index contributed by atoms with van der Waals surface area (Å²) in [4.78, 5) is 26.9. The molecule has 2 aliphatic rings. The Morgan fingerprint density at radius 3 is 1.25 bits per heavy atom. The molecule has 0 aliphatic carbocycles. The molecule has 2 fully saturated rings. The summed E-state index contributed by atoms with van der Waals surface area (Å²) in [6, 6.07) is 0. The second kappa shape index (κ2) is 11.1. The third-order valence-corrected chi connectivity index (χ3v) is 4.82. The van der Waals surface area contributed by atoms with E-state index < -0.39 is 11.9 Å². The van der Waals surface area contributed by atoms with E-state index in [1.54, 1.807) is 9.80 Å². The molecule has 2 aliphatic heterocycles. The maximum Gasteiger partial charge on any atom is 0.140 e. The predicted octanol–water partition coefficient (Wildman–Crippen LogP) is -5.37. The third-order valence-electron chi connectivity index (χ3n) is 4.82. The van der Waals surface area contributed by atoms with E-state index in [4.69, 9.17) is 0 Å². The van der Waals surface area contributed by atoms with E-state index in [0.29, 0.717) is 12.2 Å². The van der Waals surface area contributed by atoms with Crippen LogP contribution in [0, 0.1) is 0 Å². The Morgan fingerprint density at radius 2 is 1.17 bits per heavy atom. The van der Waals surface area contributed by atoms with Crippen molar-refractivity contribution in [1.82, 2.24) is 9.80 Å². The van der Waals surface area contributed by atoms with Crippen LogP contribution in [0.4, 0.5) is 0 Å². The Bertz CT molecular complexity index is 372. The van der Waals surface area contributed by atoms with E-state index in [1.807, 2.05) is 0 Å². The van der Waals surface area contributed by atoms with Gasteiger partial charge in [-0.1, -0.05) is 0 Å². The summed E-state index contributed by atoms with van der Waals surface area (Å²) in [6.45, 7) is 9.65. The third kappa shape index (κ3) is 8.97. The number of carboxylic acid groups (broad SMARTS) is 2. The van der Waals surface area contributed by atoms with Gasteiger partial charge in [-0.2, -0.15) is 0 Å². The number of quaternary nitrogens is 2. The fourth-order valence-corrected chi connectivity index (χ4v) is 2.40. The van der Waals surface area contributed by atoms with Crippen LogP contribution in [-0.2, 0) is 9.59 Å². The lowest BCUT2D eigenvalue weighted by Crippen LogP contribution is -3.11. The highest BCUT2D eigenvalue weighted by atomic mass is 16.4. The van der Waals surface area contributed by atoms with E-state index >= 15 is 0 Å². The molecule has 24 heavy (non-hydrogen) atoms. The van der Waals surface area contributed by atoms with Gasteiger partial charge in [0.15, 0.2) is 0 Å². The lowest BCUT2D eigenvalue weighted by molar-refractivity contribution is -0.896. The van der Waals surface area contributed by atoms with Crippen molar-refractivity contribution in [2.24, 2.45) is 0 Å². The van der Waals surface area contributed by atoms with Crippen LogP contribution in [0.25, 0.3) is 0 Å². The number of carbonyl (C=O) groups excluding carboxylic acids is 2. The highest BCUT2D eigenvalue weighted by Crippen LogP contribution is 1.90. The van der Waals surface area contributed by atoms with Crippen molar-refractivity contribution >= 4 is 11.9 Å². The van der Waals surface area contributed by atoms with Gasteiger partial charge >= 0.3 is 0 Å². The van der Waals surface area contributed by atoms with Gasteiger partial charge in [-0.05, 0) is 26.2 Å². The van der Waals surface area contributed by atoms with Gasteiger partial charge in [-0.25, -0.2) is 0 Å². The van der Waals surface area contributed by atoms with Gasteiger partial charge in [0, 0.05) is 13.8 Å². The summed E-state index contributed by atoms with van der Waals surface area (Å²) in [5, 5.41) is 18.8. The maximum absolute atomic E-state index is 9.41. The number of nitrogens with one attached hydrogen (secondary N) is 2. The van der Waals surface area contributed by atoms with Crippen molar-refractivity contribution in [3.8, 4) is 0 Å². The van der Waals surface area contributed by atoms with Gasteiger partial charge in [-0.15, -0.1) is 0 Å². The van der Waals surface area contributed by atoms with Crippen molar-refractivity contribution in [1.29, 1.82) is 0 Å². The minimum absolute atomic E-state index is 0.384. The molecule has 4 unspecified atom stereocenters. The largest absolute Gasteiger partial charge is 0.545 e. The van der Waals surface area contributed by atoms with Crippen molar-refractivity contribution in [3.05, 3.63) is 12.2 Å². The molecule has 0 radical (unpaired) electrons. The Morgan fingerprint density at radius 1 is 0.875 bits per heavy atom. The summed E-state index contributed by atoms with van der Waals surface area (Å²) in [7, 11) is 8.85. The van der Waals surface area contributed by atoms with Crippen molar-refractivity contribution in [2.45, 2.75) is 26.2 Å². The number of hydrogen-bond acceptors (Lipinski definition) is 6. The number of carbonyl (C=O) groups is 2. The molecular weight excluding hydrogens is 312 g/mol. The fourth-order valence-electron chi connectivity index (χ4n) is 2.40. The molecule has 0 aromatic carbocycles. The first-order valence-corrected chi connectivity index (χ1v) is 8.21. The second-order valence-corrected chi connectivity index (χ2v) is 6.48. The number of rotatable bonds is 2. The fraction of sp³-hybridized carbons (Fsp3) is 0.750. The van der Waals surface area contributed by atoms with Crippen LogP contribution in [-0.4, -0.2) is 88.4 Å². The molecule has 0 amide bonds. The average Bonchev–Trinajstić information content (AvgIpc) is 2.97. The van der Waals surface area contributed by atoms with Crippen LogP contribution in [0.15, 0.2) is 12.2 Å². The van der Waals surface area contributed by atoms with Crippen LogP contribution in [0.5, 0.6) is 0 Å². The molecule has 4 atom stereocenters. The van der Waals surface area contributed by atoms with Gasteiger partial charge in [0.1, 0.15) is 12.3 Å². The lowest BCUT2D eigenvalue weighted by Gasteiger charge is -2.15. The molecule has 2 N–H and O–H groups in total. The standard InChI is InChI=1S/2C6H14N2.C4H4O4/c2*1-6-7(2)4-5-8(6)3;5-3(6)1-2-4(7)8/h2*6H,4-5H2,1-3H3;1-2H,(H,5,6)(H,7,8)/b;;2-1-. The molecule has 0 aromatic rings. The quantitative estimate of drug-likeness (QED) is 0.486. The highest BCUT2D eigenvalue weighted by Gasteiger charge is 2.25. The second-order valence-electron chi connectivity index (χ2n) is 6.48. The number of hydrogen-bond donors (Lipinski definition) is 2.